The number of nitrogens with zero attached hydrogens (tertiary/aromatic N) is 3. The molecule has 1 aliphatic heterocycles. The van der Waals surface area contributed by atoms with Gasteiger partial charge in [-0.3, -0.25) is 4.79 Å². The number of imidazole rings is 1. The van der Waals surface area contributed by atoms with E-state index in [1.165, 1.54) is 0 Å². The first-order valence-electron chi connectivity index (χ1n) is 11.0. The minimum absolute atomic E-state index is 0.0586. The van der Waals surface area contributed by atoms with E-state index in [2.05, 4.69) is 18.4 Å². The number of hydrogen-bond acceptors (Lipinski definition) is 4. The van der Waals surface area contributed by atoms with E-state index < -0.39 is 5.97 Å². The molecule has 1 aromatic heterocycles. The van der Waals surface area contributed by atoms with Crippen LogP contribution in [-0.4, -0.2) is 51.6 Å². The van der Waals surface area contributed by atoms with Gasteiger partial charge in [0.1, 0.15) is 11.6 Å². The Balaban J connectivity index is 1.47. The summed E-state index contributed by atoms with van der Waals surface area (Å²) in [7, 11) is 1.61. The number of carbonyl (C=O) groups excluding carboxylic acids is 1. The first kappa shape index (κ1) is 21.9. The summed E-state index contributed by atoms with van der Waals surface area (Å²) in [4.78, 5) is 30.9. The molecular formula is C25H29N3O4. The number of likely N-dealkylation sites (tertiary alicyclic amines) is 1. The van der Waals surface area contributed by atoms with Crippen LogP contribution < -0.4 is 4.74 Å². The molecular weight excluding hydrogens is 406 g/mol. The second-order valence-electron chi connectivity index (χ2n) is 8.71. The van der Waals surface area contributed by atoms with E-state index >= 15 is 0 Å². The van der Waals surface area contributed by atoms with E-state index in [1.54, 1.807) is 19.2 Å². The summed E-state index contributed by atoms with van der Waals surface area (Å²) >= 11 is 0. The van der Waals surface area contributed by atoms with Crippen LogP contribution in [0, 0.1) is 5.92 Å². The number of rotatable bonds is 6. The normalized spacial score (nSPS) is 14.8. The third-order valence-corrected chi connectivity index (χ3v) is 6.22. The number of aromatic carboxylic acids is 1. The molecule has 7 heteroatoms. The topological polar surface area (TPSA) is 84.7 Å². The van der Waals surface area contributed by atoms with Crippen molar-refractivity contribution < 1.29 is 19.4 Å². The number of piperidine rings is 1. The number of carboxylic acids is 1. The Hall–Kier alpha value is -3.35. The molecule has 1 aliphatic rings. The molecule has 0 aliphatic carbocycles. The maximum Gasteiger partial charge on any atom is 0.335 e. The lowest BCUT2D eigenvalue weighted by atomic mass is 9.95. The molecule has 0 bridgehead atoms. The highest BCUT2D eigenvalue weighted by atomic mass is 16.5. The average molecular weight is 436 g/mol. The zero-order valence-electron chi connectivity index (χ0n) is 18.7. The monoisotopic (exact) mass is 435 g/mol. The smallest absolute Gasteiger partial charge is 0.335 e. The third kappa shape index (κ3) is 4.33. The Bertz CT molecular complexity index is 1130. The summed E-state index contributed by atoms with van der Waals surface area (Å²) < 4.78 is 7.41. The van der Waals surface area contributed by atoms with Crippen molar-refractivity contribution in [3.8, 4) is 5.75 Å². The summed E-state index contributed by atoms with van der Waals surface area (Å²) in [6, 6.07) is 12.4. The van der Waals surface area contributed by atoms with Crippen molar-refractivity contribution >= 4 is 22.9 Å². The summed E-state index contributed by atoms with van der Waals surface area (Å²) in [6.07, 6.45) is 1.85. The van der Waals surface area contributed by atoms with E-state index in [9.17, 15) is 14.7 Å². The number of methoxy groups -OCH3 is 1. The standard InChI is InChI=1S/C25H29N3O4/c1-16(2)23-26-21-14-19(25(30)31)6-9-22(21)28(23)15-17-10-12-27(13-11-17)24(29)18-4-7-20(32-3)8-5-18/h4-9,14,16-17H,10-13,15H2,1-3H3,(H,30,31). The van der Waals surface area contributed by atoms with Crippen molar-refractivity contribution in [1.82, 2.24) is 14.5 Å². The lowest BCUT2D eigenvalue weighted by Gasteiger charge is -2.32. The Morgan fingerprint density at radius 3 is 2.34 bits per heavy atom. The van der Waals surface area contributed by atoms with Gasteiger partial charge < -0.3 is 19.3 Å². The van der Waals surface area contributed by atoms with Gasteiger partial charge in [-0.05, 0) is 61.2 Å². The highest BCUT2D eigenvalue weighted by Gasteiger charge is 2.26. The predicted octanol–water partition coefficient (Wildman–Crippen LogP) is 4.42. The van der Waals surface area contributed by atoms with Gasteiger partial charge in [-0.25, -0.2) is 9.78 Å². The van der Waals surface area contributed by atoms with E-state index in [1.807, 2.05) is 35.2 Å². The molecule has 0 saturated carbocycles. The maximum atomic E-state index is 12.9. The molecule has 3 aromatic rings. The molecule has 0 spiro atoms. The zero-order valence-corrected chi connectivity index (χ0v) is 18.7. The van der Waals surface area contributed by atoms with Crippen LogP contribution in [0.5, 0.6) is 5.75 Å². The highest BCUT2D eigenvalue weighted by molar-refractivity contribution is 5.94. The van der Waals surface area contributed by atoms with E-state index in [4.69, 9.17) is 9.72 Å². The van der Waals surface area contributed by atoms with Gasteiger partial charge in [0.2, 0.25) is 0 Å². The fraction of sp³-hybridized carbons (Fsp3) is 0.400. The van der Waals surface area contributed by atoms with Gasteiger partial charge in [-0.15, -0.1) is 0 Å². The van der Waals surface area contributed by atoms with Gasteiger partial charge in [0.05, 0.1) is 23.7 Å². The van der Waals surface area contributed by atoms with E-state index in [0.717, 1.165) is 55.1 Å². The molecule has 7 nitrogen and oxygen atoms in total. The van der Waals surface area contributed by atoms with Crippen LogP contribution >= 0.6 is 0 Å². The molecule has 0 radical (unpaired) electrons. The van der Waals surface area contributed by atoms with Crippen molar-refractivity contribution in [2.45, 2.75) is 39.2 Å². The lowest BCUT2D eigenvalue weighted by molar-refractivity contribution is 0.0678. The molecule has 2 aromatic carbocycles. The molecule has 1 N–H and O–H groups in total. The van der Waals surface area contributed by atoms with Gasteiger partial charge in [-0.1, -0.05) is 13.8 Å². The van der Waals surface area contributed by atoms with E-state index in [-0.39, 0.29) is 17.4 Å². The number of fused-ring (bicyclic) bond motifs is 1. The first-order chi connectivity index (χ1) is 15.4. The third-order valence-electron chi connectivity index (χ3n) is 6.22. The fourth-order valence-electron chi connectivity index (χ4n) is 4.41. The molecule has 1 saturated heterocycles. The number of ether oxygens (including phenoxy) is 1. The number of carboxylic acid groups (broad SMARTS) is 1. The van der Waals surface area contributed by atoms with Crippen LogP contribution in [0.1, 0.15) is 59.1 Å². The molecule has 168 valence electrons. The number of benzene rings is 2. The number of hydrogen-bond donors (Lipinski definition) is 1. The number of aromatic nitrogens is 2. The summed E-state index contributed by atoms with van der Waals surface area (Å²) in [5.41, 5.74) is 2.63. The second-order valence-corrected chi connectivity index (χ2v) is 8.71. The Labute approximate surface area is 187 Å². The van der Waals surface area contributed by atoms with E-state index in [0.29, 0.717) is 11.5 Å². The van der Waals surface area contributed by atoms with Gasteiger partial charge in [0.25, 0.3) is 5.91 Å². The maximum absolute atomic E-state index is 12.9. The van der Waals surface area contributed by atoms with Crippen molar-refractivity contribution in [2.75, 3.05) is 20.2 Å². The number of carbonyl (C=O) groups is 2. The molecule has 32 heavy (non-hydrogen) atoms. The SMILES string of the molecule is COc1ccc(C(=O)N2CCC(Cn3c(C(C)C)nc4cc(C(=O)O)ccc43)CC2)cc1. The van der Waals surface area contributed by atoms with Crippen molar-refractivity contribution in [1.29, 1.82) is 0 Å². The molecule has 1 amide bonds. The van der Waals surface area contributed by atoms with Crippen LogP contribution in [0.3, 0.4) is 0 Å². The van der Waals surface area contributed by atoms with Crippen LogP contribution in [0.25, 0.3) is 11.0 Å². The van der Waals surface area contributed by atoms with Crippen molar-refractivity contribution in [2.24, 2.45) is 5.92 Å². The largest absolute Gasteiger partial charge is 0.497 e. The minimum atomic E-state index is -0.943. The van der Waals surface area contributed by atoms with Gasteiger partial charge in [0.15, 0.2) is 0 Å². The quantitative estimate of drug-likeness (QED) is 0.620. The fourth-order valence-corrected chi connectivity index (χ4v) is 4.41. The molecule has 0 unspecified atom stereocenters. The Kier molecular flexibility index (Phi) is 6.17. The lowest BCUT2D eigenvalue weighted by Crippen LogP contribution is -2.39. The van der Waals surface area contributed by atoms with Crippen molar-refractivity contribution in [3.63, 3.8) is 0 Å². The predicted molar refractivity (Wildman–Crippen MR) is 122 cm³/mol. The Morgan fingerprint density at radius 2 is 1.75 bits per heavy atom. The van der Waals surface area contributed by atoms with Crippen LogP contribution in [0.4, 0.5) is 0 Å². The van der Waals surface area contributed by atoms with Gasteiger partial charge in [0, 0.05) is 31.1 Å². The molecule has 4 rings (SSSR count). The minimum Gasteiger partial charge on any atom is -0.497 e. The van der Waals surface area contributed by atoms with Crippen molar-refractivity contribution in [3.05, 3.63) is 59.4 Å². The zero-order chi connectivity index (χ0) is 22.8. The van der Waals surface area contributed by atoms with Gasteiger partial charge >= 0.3 is 5.97 Å². The highest BCUT2D eigenvalue weighted by Crippen LogP contribution is 2.28. The van der Waals surface area contributed by atoms with Crippen LogP contribution in [-0.2, 0) is 6.54 Å². The Morgan fingerprint density at radius 1 is 1.09 bits per heavy atom. The first-order valence-corrected chi connectivity index (χ1v) is 11.0. The summed E-state index contributed by atoms with van der Waals surface area (Å²) in [5.74, 6) is 1.49. The summed E-state index contributed by atoms with van der Waals surface area (Å²) in [6.45, 7) is 6.48. The summed E-state index contributed by atoms with van der Waals surface area (Å²) in [5, 5.41) is 9.30. The molecule has 1 fully saturated rings. The molecule has 0 atom stereocenters. The second kappa shape index (κ2) is 9.02. The number of amides is 1. The average Bonchev–Trinajstić information content (AvgIpc) is 3.17. The molecule has 2 heterocycles. The van der Waals surface area contributed by atoms with Crippen LogP contribution in [0.15, 0.2) is 42.5 Å². The van der Waals surface area contributed by atoms with Gasteiger partial charge in [-0.2, -0.15) is 0 Å². The van der Waals surface area contributed by atoms with Crippen LogP contribution in [0.2, 0.25) is 0 Å².